The number of primary sulfonamides is 1. The summed E-state index contributed by atoms with van der Waals surface area (Å²) in [4.78, 5) is 2.69. The fourth-order valence-electron chi connectivity index (χ4n) is 1.01. The van der Waals surface area contributed by atoms with Crippen LogP contribution < -0.4 is 9.88 Å². The van der Waals surface area contributed by atoms with E-state index in [0.717, 1.165) is 7.11 Å². The Morgan fingerprint density at radius 3 is 2.50 bits per heavy atom. The van der Waals surface area contributed by atoms with Crippen LogP contribution in [0.4, 0.5) is 8.78 Å². The number of nitrogens with two attached hydrogens (primary N) is 1. The SMILES string of the molecule is COc1c(S(N)(=O)=O)cnc(C(F)F)c1Cl. The number of aromatic nitrogens is 1. The maximum Gasteiger partial charge on any atom is 0.281 e. The van der Waals surface area contributed by atoms with Crippen LogP contribution in [0.3, 0.4) is 0 Å². The largest absolute Gasteiger partial charge is 0.494 e. The van der Waals surface area contributed by atoms with Gasteiger partial charge in [0.2, 0.25) is 10.0 Å². The third kappa shape index (κ3) is 2.39. The van der Waals surface area contributed by atoms with Crippen molar-refractivity contribution in [3.8, 4) is 5.75 Å². The highest BCUT2D eigenvalue weighted by Gasteiger charge is 2.24. The molecule has 0 unspecified atom stereocenters. The lowest BCUT2D eigenvalue weighted by Crippen LogP contribution is -2.14. The van der Waals surface area contributed by atoms with Crippen LogP contribution in [0.25, 0.3) is 0 Å². The molecule has 0 spiro atoms. The summed E-state index contributed by atoms with van der Waals surface area (Å²) in [6, 6.07) is 0. The van der Waals surface area contributed by atoms with Gasteiger partial charge in [0.1, 0.15) is 15.6 Å². The molecule has 1 heterocycles. The van der Waals surface area contributed by atoms with Crippen LogP contribution in [0, 0.1) is 0 Å². The summed E-state index contributed by atoms with van der Waals surface area (Å²) in [6.45, 7) is 0. The first kappa shape index (κ1) is 13.1. The molecular weight excluding hydrogens is 266 g/mol. The van der Waals surface area contributed by atoms with Crippen LogP contribution >= 0.6 is 11.6 Å². The Balaban J connectivity index is 3.54. The highest BCUT2D eigenvalue weighted by molar-refractivity contribution is 7.89. The summed E-state index contributed by atoms with van der Waals surface area (Å²) < 4.78 is 51.5. The van der Waals surface area contributed by atoms with E-state index in [4.69, 9.17) is 16.7 Å². The van der Waals surface area contributed by atoms with Crippen LogP contribution in [-0.4, -0.2) is 20.5 Å². The number of halogens is 3. The number of sulfonamides is 1. The van der Waals surface area contributed by atoms with Gasteiger partial charge in [-0.05, 0) is 0 Å². The molecule has 5 nitrogen and oxygen atoms in total. The summed E-state index contributed by atoms with van der Waals surface area (Å²) in [7, 11) is -3.04. The highest BCUT2D eigenvalue weighted by Crippen LogP contribution is 2.36. The number of ether oxygens (including phenoxy) is 1. The zero-order valence-electron chi connectivity index (χ0n) is 7.95. The van der Waals surface area contributed by atoms with Gasteiger partial charge in [-0.3, -0.25) is 4.98 Å². The fourth-order valence-corrected chi connectivity index (χ4v) is 2.02. The van der Waals surface area contributed by atoms with E-state index in [1.807, 2.05) is 0 Å². The van der Waals surface area contributed by atoms with Crippen molar-refractivity contribution in [1.29, 1.82) is 0 Å². The Labute approximate surface area is 95.2 Å². The second-order valence-electron chi connectivity index (χ2n) is 2.70. The Morgan fingerprint density at radius 1 is 1.56 bits per heavy atom. The smallest absolute Gasteiger partial charge is 0.281 e. The van der Waals surface area contributed by atoms with Gasteiger partial charge in [0.25, 0.3) is 6.43 Å². The molecule has 0 aliphatic heterocycles. The highest BCUT2D eigenvalue weighted by atomic mass is 35.5. The van der Waals surface area contributed by atoms with E-state index in [1.165, 1.54) is 0 Å². The zero-order chi connectivity index (χ0) is 12.5. The molecule has 0 aromatic carbocycles. The quantitative estimate of drug-likeness (QED) is 0.900. The minimum atomic E-state index is -4.13. The molecule has 1 aromatic heterocycles. The third-order valence-electron chi connectivity index (χ3n) is 1.69. The van der Waals surface area contributed by atoms with Crippen LogP contribution in [0.1, 0.15) is 12.1 Å². The number of hydrogen-bond donors (Lipinski definition) is 1. The summed E-state index contributed by atoms with van der Waals surface area (Å²) >= 11 is 5.53. The second-order valence-corrected chi connectivity index (χ2v) is 4.61. The fraction of sp³-hybridized carbons (Fsp3) is 0.286. The molecular formula is C7H7ClF2N2O3S. The molecule has 9 heteroatoms. The second kappa shape index (κ2) is 4.48. The number of alkyl halides is 2. The Morgan fingerprint density at radius 2 is 2.12 bits per heavy atom. The van der Waals surface area contributed by atoms with Crippen molar-refractivity contribution >= 4 is 21.6 Å². The van der Waals surface area contributed by atoms with Crippen LogP contribution in [0.2, 0.25) is 5.02 Å². The van der Waals surface area contributed by atoms with Crippen molar-refractivity contribution in [2.45, 2.75) is 11.3 Å². The maximum absolute atomic E-state index is 12.4. The van der Waals surface area contributed by atoms with Crippen molar-refractivity contribution < 1.29 is 21.9 Å². The molecule has 0 saturated heterocycles. The minimum Gasteiger partial charge on any atom is -0.494 e. The topological polar surface area (TPSA) is 82.3 Å². The monoisotopic (exact) mass is 272 g/mol. The summed E-state index contributed by atoms with van der Waals surface area (Å²) in [5.74, 6) is -0.436. The number of nitrogens with zero attached hydrogens (tertiary/aromatic N) is 1. The first-order chi connectivity index (χ1) is 7.29. The van der Waals surface area contributed by atoms with Crippen LogP contribution in [0.15, 0.2) is 11.1 Å². The maximum atomic E-state index is 12.4. The zero-order valence-corrected chi connectivity index (χ0v) is 9.52. The lowest BCUT2D eigenvalue weighted by Gasteiger charge is -2.10. The van der Waals surface area contributed by atoms with Crippen LogP contribution in [0.5, 0.6) is 5.75 Å². The Hall–Kier alpha value is -0.990. The molecule has 1 rings (SSSR count). The number of rotatable bonds is 3. The summed E-state index contributed by atoms with van der Waals surface area (Å²) in [5, 5.41) is 4.27. The van der Waals surface area contributed by atoms with Crippen molar-refractivity contribution in [2.75, 3.05) is 7.11 Å². The normalized spacial score (nSPS) is 11.9. The van der Waals surface area contributed by atoms with E-state index in [0.29, 0.717) is 6.20 Å². The van der Waals surface area contributed by atoms with E-state index in [2.05, 4.69) is 9.72 Å². The average Bonchev–Trinajstić information content (AvgIpc) is 2.15. The summed E-state index contributed by atoms with van der Waals surface area (Å²) in [6.07, 6.45) is -2.25. The van der Waals surface area contributed by atoms with E-state index in [9.17, 15) is 17.2 Å². The first-order valence-corrected chi connectivity index (χ1v) is 5.74. The molecule has 0 saturated carbocycles. The Kier molecular flexibility index (Phi) is 3.66. The van der Waals surface area contributed by atoms with Crippen molar-refractivity contribution in [2.24, 2.45) is 5.14 Å². The number of pyridine rings is 1. The molecule has 0 aliphatic rings. The van der Waals surface area contributed by atoms with Crippen molar-refractivity contribution in [3.05, 3.63) is 16.9 Å². The first-order valence-electron chi connectivity index (χ1n) is 3.82. The molecule has 16 heavy (non-hydrogen) atoms. The molecule has 2 N–H and O–H groups in total. The van der Waals surface area contributed by atoms with Gasteiger partial charge < -0.3 is 4.74 Å². The molecule has 0 bridgehead atoms. The molecule has 0 aliphatic carbocycles. The van der Waals surface area contributed by atoms with Crippen LogP contribution in [-0.2, 0) is 10.0 Å². The Bertz CT molecular complexity index is 507. The third-order valence-corrected chi connectivity index (χ3v) is 2.96. The predicted octanol–water partition coefficient (Wildman–Crippen LogP) is 1.33. The molecule has 1 aromatic rings. The molecule has 0 fully saturated rings. The van der Waals surface area contributed by atoms with E-state index >= 15 is 0 Å². The molecule has 0 atom stereocenters. The van der Waals surface area contributed by atoms with Crippen molar-refractivity contribution in [1.82, 2.24) is 4.98 Å². The van der Waals surface area contributed by atoms with Gasteiger partial charge in [-0.25, -0.2) is 22.3 Å². The molecule has 0 amide bonds. The minimum absolute atomic E-state index is 0.436. The lowest BCUT2D eigenvalue weighted by atomic mass is 10.3. The van der Waals surface area contributed by atoms with E-state index in [1.54, 1.807) is 0 Å². The standard InChI is InChI=1S/C7H7ClF2N2O3S/c1-15-6-3(16(11,13)14)2-12-5(4(6)8)7(9)10/h2,7H,1H3,(H2,11,13,14). The van der Waals surface area contributed by atoms with Gasteiger partial charge in [-0.1, -0.05) is 11.6 Å². The van der Waals surface area contributed by atoms with Gasteiger partial charge in [0.05, 0.1) is 13.3 Å². The van der Waals surface area contributed by atoms with Gasteiger partial charge in [0, 0.05) is 0 Å². The van der Waals surface area contributed by atoms with Gasteiger partial charge in [0.15, 0.2) is 5.75 Å². The molecule has 90 valence electrons. The lowest BCUT2D eigenvalue weighted by molar-refractivity contribution is 0.145. The molecule has 0 radical (unpaired) electrons. The predicted molar refractivity (Wildman–Crippen MR) is 52.1 cm³/mol. The van der Waals surface area contributed by atoms with Gasteiger partial charge in [-0.2, -0.15) is 0 Å². The van der Waals surface area contributed by atoms with E-state index < -0.39 is 37.8 Å². The van der Waals surface area contributed by atoms with Gasteiger partial charge >= 0.3 is 0 Å². The average molecular weight is 273 g/mol. The summed E-state index contributed by atoms with van der Waals surface area (Å²) in [5.41, 5.74) is -0.758. The number of methoxy groups -OCH3 is 1. The number of hydrogen-bond acceptors (Lipinski definition) is 4. The van der Waals surface area contributed by atoms with Crippen molar-refractivity contribution in [3.63, 3.8) is 0 Å². The van der Waals surface area contributed by atoms with Gasteiger partial charge in [-0.15, -0.1) is 0 Å². The van der Waals surface area contributed by atoms with E-state index in [-0.39, 0.29) is 0 Å².